The zero-order valence-electron chi connectivity index (χ0n) is 12.0. The zero-order chi connectivity index (χ0) is 14.8. The Balaban J connectivity index is 1.64. The van der Waals surface area contributed by atoms with Crippen LogP contribution >= 0.6 is 27.3 Å². The minimum Gasteiger partial charge on any atom is -0.308 e. The number of fused-ring (bicyclic) bond motifs is 1. The summed E-state index contributed by atoms with van der Waals surface area (Å²) >= 11 is 5.27. The lowest BCUT2D eigenvalue weighted by molar-refractivity contribution is 0.541. The molecule has 110 valence electrons. The molecular weight excluding hydrogens is 348 g/mol. The third-order valence-electron chi connectivity index (χ3n) is 3.38. The number of imidazole rings is 1. The molecule has 3 aromatic rings. The molecule has 0 spiro atoms. The molecule has 3 rings (SSSR count). The van der Waals surface area contributed by atoms with Gasteiger partial charge in [-0.2, -0.15) is 0 Å². The van der Waals surface area contributed by atoms with Crippen molar-refractivity contribution in [2.75, 3.05) is 0 Å². The number of aryl methyl sites for hydroxylation is 1. The molecule has 0 amide bonds. The van der Waals surface area contributed by atoms with E-state index in [4.69, 9.17) is 0 Å². The first-order chi connectivity index (χ1) is 10.1. The monoisotopic (exact) mass is 364 g/mol. The third-order valence-corrected chi connectivity index (χ3v) is 4.81. The van der Waals surface area contributed by atoms with Gasteiger partial charge in [0.1, 0.15) is 4.60 Å². The Hall–Kier alpha value is -1.24. The zero-order valence-corrected chi connectivity index (χ0v) is 14.4. The Morgan fingerprint density at radius 1 is 1.33 bits per heavy atom. The Labute approximate surface area is 136 Å². The van der Waals surface area contributed by atoms with Crippen molar-refractivity contribution in [1.82, 2.24) is 19.7 Å². The van der Waals surface area contributed by atoms with Crippen molar-refractivity contribution >= 4 is 32.9 Å². The van der Waals surface area contributed by atoms with Gasteiger partial charge >= 0.3 is 0 Å². The maximum Gasteiger partial charge on any atom is 0.155 e. The van der Waals surface area contributed by atoms with Gasteiger partial charge < -0.3 is 5.32 Å². The number of nitrogens with zero attached hydrogens (tertiary/aromatic N) is 3. The van der Waals surface area contributed by atoms with Gasteiger partial charge in [-0.3, -0.25) is 4.40 Å². The second-order valence-electron chi connectivity index (χ2n) is 5.19. The van der Waals surface area contributed by atoms with Crippen LogP contribution in [-0.4, -0.2) is 20.4 Å². The minimum absolute atomic E-state index is 0.430. The quantitative estimate of drug-likeness (QED) is 0.752. The molecule has 0 aliphatic carbocycles. The summed E-state index contributed by atoms with van der Waals surface area (Å²) in [5.41, 5.74) is 2.01. The van der Waals surface area contributed by atoms with Crippen LogP contribution in [-0.2, 0) is 13.0 Å². The fraction of sp³-hybridized carbons (Fsp3) is 0.333. The van der Waals surface area contributed by atoms with E-state index in [-0.39, 0.29) is 0 Å². The van der Waals surface area contributed by atoms with E-state index in [9.17, 15) is 0 Å². The number of hydrogen-bond donors (Lipinski definition) is 1. The first-order valence-corrected chi connectivity index (χ1v) is 8.49. The number of halogens is 1. The van der Waals surface area contributed by atoms with Crippen LogP contribution in [0.1, 0.15) is 22.4 Å². The molecule has 0 radical (unpaired) electrons. The Morgan fingerprint density at radius 3 is 2.95 bits per heavy atom. The van der Waals surface area contributed by atoms with Crippen molar-refractivity contribution in [2.45, 2.75) is 32.9 Å². The molecule has 0 saturated heterocycles. The molecule has 0 bridgehead atoms. The molecular formula is C15H17BrN4S. The smallest absolute Gasteiger partial charge is 0.155 e. The molecule has 0 aliphatic heterocycles. The summed E-state index contributed by atoms with van der Waals surface area (Å²) in [6.45, 7) is 5.16. The molecule has 4 nitrogen and oxygen atoms in total. The number of aromatic nitrogens is 3. The van der Waals surface area contributed by atoms with Gasteiger partial charge in [0.05, 0.1) is 18.1 Å². The largest absolute Gasteiger partial charge is 0.308 e. The van der Waals surface area contributed by atoms with E-state index >= 15 is 0 Å². The van der Waals surface area contributed by atoms with Crippen LogP contribution in [0, 0.1) is 6.92 Å². The summed E-state index contributed by atoms with van der Waals surface area (Å²) in [5.74, 6) is 0. The summed E-state index contributed by atoms with van der Waals surface area (Å²) < 4.78 is 2.88. The Morgan fingerprint density at radius 2 is 2.19 bits per heavy atom. The van der Waals surface area contributed by atoms with E-state index < -0.39 is 0 Å². The molecule has 1 unspecified atom stereocenters. The number of rotatable bonds is 5. The summed E-state index contributed by atoms with van der Waals surface area (Å²) in [5, 5.41) is 3.56. The van der Waals surface area contributed by atoms with E-state index in [2.05, 4.69) is 61.6 Å². The molecule has 0 aromatic carbocycles. The van der Waals surface area contributed by atoms with Gasteiger partial charge in [-0.05, 0) is 48.3 Å². The van der Waals surface area contributed by atoms with Crippen molar-refractivity contribution in [3.8, 4) is 0 Å². The lowest BCUT2D eigenvalue weighted by Gasteiger charge is -2.12. The van der Waals surface area contributed by atoms with E-state index in [0.717, 1.165) is 28.9 Å². The van der Waals surface area contributed by atoms with Gasteiger partial charge in [0.2, 0.25) is 0 Å². The highest BCUT2D eigenvalue weighted by Crippen LogP contribution is 2.17. The van der Waals surface area contributed by atoms with Crippen molar-refractivity contribution < 1.29 is 0 Å². The standard InChI is InChI=1S/C15H17BrN4S/c1-10(5-13-4-3-11(2)21-13)17-6-12-7-19-15-8-18-14(16)9-20(12)15/h3-4,7-10,17H,5-6H2,1-2H3. The van der Waals surface area contributed by atoms with Crippen LogP contribution in [0.5, 0.6) is 0 Å². The molecule has 6 heteroatoms. The summed E-state index contributed by atoms with van der Waals surface area (Å²) in [6, 6.07) is 4.83. The number of nitrogens with one attached hydrogen (secondary N) is 1. The second-order valence-corrected chi connectivity index (χ2v) is 7.37. The molecule has 3 heterocycles. The highest BCUT2D eigenvalue weighted by molar-refractivity contribution is 9.10. The maximum atomic E-state index is 4.37. The molecule has 0 saturated carbocycles. The first kappa shape index (κ1) is 14.7. The van der Waals surface area contributed by atoms with Crippen LogP contribution < -0.4 is 5.32 Å². The molecule has 3 aromatic heterocycles. The van der Waals surface area contributed by atoms with Crippen LogP contribution in [0.25, 0.3) is 5.65 Å². The second kappa shape index (κ2) is 6.25. The van der Waals surface area contributed by atoms with Crippen LogP contribution in [0.15, 0.2) is 35.3 Å². The fourth-order valence-electron chi connectivity index (χ4n) is 2.29. The van der Waals surface area contributed by atoms with Gasteiger partial charge in [0.15, 0.2) is 5.65 Å². The Bertz CT molecular complexity index is 749. The van der Waals surface area contributed by atoms with Gasteiger partial charge in [-0.15, -0.1) is 11.3 Å². The maximum absolute atomic E-state index is 4.37. The average molecular weight is 365 g/mol. The summed E-state index contributed by atoms with van der Waals surface area (Å²) in [6.07, 6.45) is 6.68. The van der Waals surface area contributed by atoms with Gasteiger partial charge in [-0.1, -0.05) is 0 Å². The SMILES string of the molecule is Cc1ccc(CC(C)NCc2cnc3cnc(Br)cn23)s1. The third kappa shape index (κ3) is 3.51. The van der Waals surface area contributed by atoms with Crippen molar-refractivity contribution in [3.05, 3.63) is 50.8 Å². The van der Waals surface area contributed by atoms with Gasteiger partial charge in [0, 0.05) is 28.5 Å². The Kier molecular flexibility index (Phi) is 4.37. The molecule has 0 fully saturated rings. The highest BCUT2D eigenvalue weighted by atomic mass is 79.9. The van der Waals surface area contributed by atoms with Crippen molar-refractivity contribution in [1.29, 1.82) is 0 Å². The highest BCUT2D eigenvalue weighted by Gasteiger charge is 2.08. The fourth-order valence-corrected chi connectivity index (χ4v) is 3.62. The normalized spacial score (nSPS) is 12.9. The number of hydrogen-bond acceptors (Lipinski definition) is 4. The first-order valence-electron chi connectivity index (χ1n) is 6.88. The topological polar surface area (TPSA) is 42.2 Å². The summed E-state index contributed by atoms with van der Waals surface area (Å²) in [7, 11) is 0. The summed E-state index contributed by atoms with van der Waals surface area (Å²) in [4.78, 5) is 11.4. The predicted octanol–water partition coefficient (Wildman–Crippen LogP) is 3.58. The van der Waals surface area contributed by atoms with Gasteiger partial charge in [0.25, 0.3) is 0 Å². The van der Waals surface area contributed by atoms with E-state index in [1.54, 1.807) is 6.20 Å². The van der Waals surface area contributed by atoms with E-state index in [1.807, 2.05) is 23.7 Å². The molecule has 1 atom stereocenters. The average Bonchev–Trinajstić information content (AvgIpc) is 3.03. The lowest BCUT2D eigenvalue weighted by atomic mass is 10.2. The molecule has 1 N–H and O–H groups in total. The van der Waals surface area contributed by atoms with Crippen LogP contribution in [0.4, 0.5) is 0 Å². The van der Waals surface area contributed by atoms with Crippen molar-refractivity contribution in [3.63, 3.8) is 0 Å². The molecule has 21 heavy (non-hydrogen) atoms. The minimum atomic E-state index is 0.430. The van der Waals surface area contributed by atoms with E-state index in [0.29, 0.717) is 6.04 Å². The van der Waals surface area contributed by atoms with Crippen molar-refractivity contribution in [2.24, 2.45) is 0 Å². The number of thiophene rings is 1. The lowest BCUT2D eigenvalue weighted by Crippen LogP contribution is -2.27. The van der Waals surface area contributed by atoms with Gasteiger partial charge in [-0.25, -0.2) is 9.97 Å². The molecule has 0 aliphatic rings. The van der Waals surface area contributed by atoms with Crippen LogP contribution in [0.3, 0.4) is 0 Å². The predicted molar refractivity (Wildman–Crippen MR) is 89.7 cm³/mol. The van der Waals surface area contributed by atoms with Crippen LogP contribution in [0.2, 0.25) is 0 Å². The van der Waals surface area contributed by atoms with E-state index in [1.165, 1.54) is 9.75 Å².